The maximum absolute atomic E-state index is 13.0. The van der Waals surface area contributed by atoms with Gasteiger partial charge in [-0.1, -0.05) is 46.3 Å². The van der Waals surface area contributed by atoms with Crippen molar-refractivity contribution < 1.29 is 14.3 Å². The molecule has 0 atom stereocenters. The van der Waals surface area contributed by atoms with Crippen LogP contribution in [0.5, 0.6) is 5.75 Å². The highest BCUT2D eigenvalue weighted by Gasteiger charge is 2.14. The quantitative estimate of drug-likeness (QED) is 0.206. The molecule has 0 aliphatic heterocycles. The molecule has 0 aliphatic rings. The van der Waals surface area contributed by atoms with Crippen LogP contribution in [-0.2, 0) is 4.79 Å². The third-order valence-corrected chi connectivity index (χ3v) is 5.92. The molecule has 0 heterocycles. The average molecular weight is 549 g/mol. The van der Waals surface area contributed by atoms with Crippen molar-refractivity contribution in [3.63, 3.8) is 0 Å². The molecule has 36 heavy (non-hydrogen) atoms. The minimum absolute atomic E-state index is 0.0674. The second kappa shape index (κ2) is 13.3. The molecule has 0 saturated heterocycles. The van der Waals surface area contributed by atoms with E-state index in [0.717, 1.165) is 28.8 Å². The number of hydrogen-bond acceptors (Lipinski definition) is 5. The summed E-state index contributed by atoms with van der Waals surface area (Å²) in [6.45, 7) is 5.99. The smallest absolute Gasteiger partial charge is 0.287 e. The molecule has 0 unspecified atom stereocenters. The van der Waals surface area contributed by atoms with Crippen molar-refractivity contribution in [3.05, 3.63) is 99.7 Å². The standard InChI is InChI=1S/C28H29BrN4O3/c1-4-33(5-2)24-14-11-20(12-15-24)17-25(31-27(34)21-9-7-6-8-10-21)28(35)32-30-19-22-18-23(29)13-16-26(22)36-3/h6-19H,4-5H2,1-3H3,(H,31,34)(H,32,35)/b25-17-,30-19+. The number of anilines is 1. The van der Waals surface area contributed by atoms with Gasteiger partial charge in [-0.05, 0) is 68.0 Å². The first-order valence-corrected chi connectivity index (χ1v) is 12.3. The van der Waals surface area contributed by atoms with Crippen LogP contribution in [0.25, 0.3) is 6.08 Å². The number of hydrogen-bond donors (Lipinski definition) is 2. The SMILES string of the molecule is CCN(CC)c1ccc(/C=C(\NC(=O)c2ccccc2)C(=O)N/N=C/c2cc(Br)ccc2OC)cc1. The fraction of sp³-hybridized carbons (Fsp3) is 0.179. The molecule has 0 spiro atoms. The molecule has 3 aromatic carbocycles. The molecule has 0 saturated carbocycles. The van der Waals surface area contributed by atoms with Crippen LogP contribution >= 0.6 is 15.9 Å². The maximum atomic E-state index is 13.0. The lowest BCUT2D eigenvalue weighted by atomic mass is 10.1. The van der Waals surface area contributed by atoms with Gasteiger partial charge in [-0.3, -0.25) is 9.59 Å². The molecule has 0 aliphatic carbocycles. The predicted octanol–water partition coefficient (Wildman–Crippen LogP) is 5.23. The molecule has 0 radical (unpaired) electrons. The van der Waals surface area contributed by atoms with Crippen LogP contribution in [0.15, 0.2) is 88.1 Å². The Morgan fingerprint density at radius 3 is 2.33 bits per heavy atom. The number of carbonyl (C=O) groups is 2. The lowest BCUT2D eigenvalue weighted by molar-refractivity contribution is -0.117. The molecule has 2 N–H and O–H groups in total. The molecular weight excluding hydrogens is 520 g/mol. The first-order valence-electron chi connectivity index (χ1n) is 11.5. The summed E-state index contributed by atoms with van der Waals surface area (Å²) in [4.78, 5) is 28.1. The van der Waals surface area contributed by atoms with Crippen molar-refractivity contribution in [2.45, 2.75) is 13.8 Å². The maximum Gasteiger partial charge on any atom is 0.287 e. The third-order valence-electron chi connectivity index (χ3n) is 5.42. The van der Waals surface area contributed by atoms with E-state index in [9.17, 15) is 9.59 Å². The van der Waals surface area contributed by atoms with Gasteiger partial charge in [0.05, 0.1) is 13.3 Å². The van der Waals surface area contributed by atoms with E-state index in [0.29, 0.717) is 16.9 Å². The highest BCUT2D eigenvalue weighted by atomic mass is 79.9. The second-order valence-electron chi connectivity index (χ2n) is 7.73. The summed E-state index contributed by atoms with van der Waals surface area (Å²) in [5.74, 6) is -0.343. The zero-order valence-corrected chi connectivity index (χ0v) is 22.1. The Bertz CT molecular complexity index is 1240. The molecule has 0 fully saturated rings. The number of halogens is 1. The molecular formula is C28H29BrN4O3. The largest absolute Gasteiger partial charge is 0.496 e. The number of nitrogens with zero attached hydrogens (tertiary/aromatic N) is 2. The summed E-state index contributed by atoms with van der Waals surface area (Å²) in [6, 6.07) is 22.0. The summed E-state index contributed by atoms with van der Waals surface area (Å²) in [7, 11) is 1.56. The van der Waals surface area contributed by atoms with Crippen LogP contribution in [0.1, 0.15) is 35.3 Å². The van der Waals surface area contributed by atoms with E-state index in [4.69, 9.17) is 4.74 Å². The highest BCUT2D eigenvalue weighted by molar-refractivity contribution is 9.10. The van der Waals surface area contributed by atoms with Gasteiger partial charge in [0.1, 0.15) is 11.4 Å². The van der Waals surface area contributed by atoms with Gasteiger partial charge in [-0.25, -0.2) is 5.43 Å². The molecule has 7 nitrogen and oxygen atoms in total. The monoisotopic (exact) mass is 548 g/mol. The van der Waals surface area contributed by atoms with Gasteiger partial charge in [0.15, 0.2) is 0 Å². The Morgan fingerprint density at radius 1 is 1.00 bits per heavy atom. The summed E-state index contributed by atoms with van der Waals surface area (Å²) in [5.41, 5.74) is 5.53. The Morgan fingerprint density at radius 2 is 1.69 bits per heavy atom. The topological polar surface area (TPSA) is 83.0 Å². The van der Waals surface area contributed by atoms with E-state index in [-0.39, 0.29) is 5.70 Å². The van der Waals surface area contributed by atoms with Crippen molar-refractivity contribution in [2.75, 3.05) is 25.1 Å². The van der Waals surface area contributed by atoms with Gasteiger partial charge in [0.25, 0.3) is 11.8 Å². The van der Waals surface area contributed by atoms with Crippen LogP contribution in [0.3, 0.4) is 0 Å². The first kappa shape index (κ1) is 26.7. The third kappa shape index (κ3) is 7.29. The number of ether oxygens (including phenoxy) is 1. The van der Waals surface area contributed by atoms with E-state index in [2.05, 4.69) is 50.5 Å². The zero-order valence-electron chi connectivity index (χ0n) is 20.5. The van der Waals surface area contributed by atoms with Crippen molar-refractivity contribution in [1.29, 1.82) is 0 Å². The van der Waals surface area contributed by atoms with Crippen molar-refractivity contribution in [1.82, 2.24) is 10.7 Å². The zero-order chi connectivity index (χ0) is 25.9. The van der Waals surface area contributed by atoms with Gasteiger partial charge in [-0.15, -0.1) is 0 Å². The lowest BCUT2D eigenvalue weighted by Crippen LogP contribution is -2.32. The fourth-order valence-corrected chi connectivity index (χ4v) is 3.88. The van der Waals surface area contributed by atoms with E-state index in [1.807, 2.05) is 42.5 Å². The average Bonchev–Trinajstić information content (AvgIpc) is 2.90. The molecule has 0 aromatic heterocycles. The number of methoxy groups -OCH3 is 1. The molecule has 2 amide bonds. The van der Waals surface area contributed by atoms with Crippen LogP contribution in [0, 0.1) is 0 Å². The molecule has 8 heteroatoms. The van der Waals surface area contributed by atoms with Gasteiger partial charge < -0.3 is 15.0 Å². The van der Waals surface area contributed by atoms with Crippen molar-refractivity contribution in [3.8, 4) is 5.75 Å². The van der Waals surface area contributed by atoms with E-state index < -0.39 is 11.8 Å². The number of carbonyl (C=O) groups excluding carboxylic acids is 2. The van der Waals surface area contributed by atoms with Crippen molar-refractivity contribution in [2.24, 2.45) is 5.10 Å². The molecule has 0 bridgehead atoms. The van der Waals surface area contributed by atoms with E-state index in [1.54, 1.807) is 43.5 Å². The van der Waals surface area contributed by atoms with Crippen LogP contribution < -0.4 is 20.4 Å². The first-order chi connectivity index (χ1) is 17.4. The Balaban J connectivity index is 1.85. The highest BCUT2D eigenvalue weighted by Crippen LogP contribution is 2.21. The minimum atomic E-state index is -0.558. The number of hydrazone groups is 1. The van der Waals surface area contributed by atoms with Crippen LogP contribution in [0.2, 0.25) is 0 Å². The summed E-state index contributed by atoms with van der Waals surface area (Å²) in [5, 5.41) is 6.78. The minimum Gasteiger partial charge on any atom is -0.496 e. The van der Waals surface area contributed by atoms with E-state index in [1.165, 1.54) is 6.21 Å². The second-order valence-corrected chi connectivity index (χ2v) is 8.64. The fourth-order valence-electron chi connectivity index (χ4n) is 3.51. The number of rotatable bonds is 10. The Kier molecular flexibility index (Phi) is 9.82. The van der Waals surface area contributed by atoms with Gasteiger partial charge in [-0.2, -0.15) is 5.10 Å². The number of nitrogens with one attached hydrogen (secondary N) is 2. The summed E-state index contributed by atoms with van der Waals surface area (Å²) < 4.78 is 6.18. The lowest BCUT2D eigenvalue weighted by Gasteiger charge is -2.21. The molecule has 186 valence electrons. The van der Waals surface area contributed by atoms with Crippen LogP contribution in [-0.4, -0.2) is 38.2 Å². The molecule has 3 aromatic rings. The van der Waals surface area contributed by atoms with Crippen LogP contribution in [0.4, 0.5) is 5.69 Å². The summed E-state index contributed by atoms with van der Waals surface area (Å²) >= 11 is 3.41. The predicted molar refractivity (Wildman–Crippen MR) is 148 cm³/mol. The molecule has 3 rings (SSSR count). The van der Waals surface area contributed by atoms with Gasteiger partial charge >= 0.3 is 0 Å². The van der Waals surface area contributed by atoms with Gasteiger partial charge in [0.2, 0.25) is 0 Å². The van der Waals surface area contributed by atoms with E-state index >= 15 is 0 Å². The Hall–Kier alpha value is -3.91. The van der Waals surface area contributed by atoms with Crippen molar-refractivity contribution >= 4 is 45.7 Å². The number of amides is 2. The van der Waals surface area contributed by atoms with Gasteiger partial charge in [0, 0.05) is 34.4 Å². The Labute approximate surface area is 220 Å². The normalized spacial score (nSPS) is 11.3. The summed E-state index contributed by atoms with van der Waals surface area (Å²) in [6.07, 6.45) is 3.11. The number of benzene rings is 3.